The molecular formula is C31H35N3O5. The van der Waals surface area contributed by atoms with Gasteiger partial charge in [-0.3, -0.25) is 14.4 Å². The minimum Gasteiger partial charge on any atom is -0.508 e. The first-order valence-electron chi connectivity index (χ1n) is 13.2. The van der Waals surface area contributed by atoms with E-state index in [-0.39, 0.29) is 43.7 Å². The Morgan fingerprint density at radius 2 is 1.74 bits per heavy atom. The van der Waals surface area contributed by atoms with E-state index >= 15 is 0 Å². The lowest BCUT2D eigenvalue weighted by Gasteiger charge is -2.37. The van der Waals surface area contributed by atoms with Crippen molar-refractivity contribution >= 4 is 17.8 Å². The van der Waals surface area contributed by atoms with Crippen molar-refractivity contribution in [3.63, 3.8) is 0 Å². The van der Waals surface area contributed by atoms with E-state index in [0.29, 0.717) is 6.42 Å². The number of hydrogen-bond donors (Lipinski definition) is 3. The molecule has 0 saturated heterocycles. The van der Waals surface area contributed by atoms with Crippen LogP contribution in [0.25, 0.3) is 0 Å². The summed E-state index contributed by atoms with van der Waals surface area (Å²) in [5.41, 5.74) is 10.8. The Balaban J connectivity index is 1.54. The molecule has 0 aromatic heterocycles. The highest BCUT2D eigenvalue weighted by Crippen LogP contribution is 2.26. The van der Waals surface area contributed by atoms with Gasteiger partial charge in [-0.1, -0.05) is 60.7 Å². The molecular weight excluding hydrogens is 494 g/mol. The van der Waals surface area contributed by atoms with Gasteiger partial charge in [-0.25, -0.2) is 0 Å². The standard InChI is InChI=1S/C31H35N3O5/c1-3-39-31(38)26(21-9-5-4-6-10-21)18-33-29(36)28-17-23-11-7-8-12-24(23)19-34(28)30(37)27(32)16-22-13-14-25(35)15-20(22)2/h4-15,26-28,35H,3,16-19,32H2,1-2H3,(H,33,36)/t26-,27-,28-/m0/s1. The average Bonchev–Trinajstić information content (AvgIpc) is 2.94. The molecule has 0 fully saturated rings. The van der Waals surface area contributed by atoms with E-state index in [9.17, 15) is 19.5 Å². The van der Waals surface area contributed by atoms with E-state index in [1.165, 1.54) is 0 Å². The van der Waals surface area contributed by atoms with Crippen LogP contribution in [0.4, 0.5) is 0 Å². The summed E-state index contributed by atoms with van der Waals surface area (Å²) in [6, 6.07) is 20.2. The molecule has 39 heavy (non-hydrogen) atoms. The third kappa shape index (κ3) is 6.64. The molecule has 204 valence electrons. The fourth-order valence-corrected chi connectivity index (χ4v) is 5.02. The van der Waals surface area contributed by atoms with Gasteiger partial charge in [-0.05, 0) is 60.2 Å². The molecule has 0 spiro atoms. The van der Waals surface area contributed by atoms with Crippen molar-refractivity contribution in [3.05, 3.63) is 101 Å². The van der Waals surface area contributed by atoms with Gasteiger partial charge in [-0.15, -0.1) is 0 Å². The minimum atomic E-state index is -0.870. The number of aryl methyl sites for hydroxylation is 1. The zero-order valence-electron chi connectivity index (χ0n) is 22.3. The van der Waals surface area contributed by atoms with Crippen LogP contribution in [0.2, 0.25) is 0 Å². The second-order valence-corrected chi connectivity index (χ2v) is 9.84. The van der Waals surface area contributed by atoms with Crippen molar-refractivity contribution in [2.75, 3.05) is 13.2 Å². The number of ether oxygens (including phenoxy) is 1. The van der Waals surface area contributed by atoms with Crippen molar-refractivity contribution in [2.24, 2.45) is 5.73 Å². The molecule has 1 aliphatic heterocycles. The number of carbonyl (C=O) groups excluding carboxylic acids is 3. The van der Waals surface area contributed by atoms with Crippen LogP contribution in [0.5, 0.6) is 5.75 Å². The first-order valence-corrected chi connectivity index (χ1v) is 13.2. The molecule has 3 atom stereocenters. The van der Waals surface area contributed by atoms with Gasteiger partial charge in [-0.2, -0.15) is 0 Å². The monoisotopic (exact) mass is 529 g/mol. The quantitative estimate of drug-likeness (QED) is 0.367. The highest BCUT2D eigenvalue weighted by molar-refractivity contribution is 5.91. The van der Waals surface area contributed by atoms with Gasteiger partial charge in [0.05, 0.1) is 18.6 Å². The SMILES string of the molecule is CCOC(=O)[C@@H](CNC(=O)[C@@H]1Cc2ccccc2CN1C(=O)[C@@H](N)Cc1ccc(O)cc1C)c1ccccc1. The molecule has 4 rings (SSSR count). The molecule has 1 aliphatic rings. The molecule has 2 amide bonds. The number of esters is 1. The molecule has 0 aliphatic carbocycles. The lowest BCUT2D eigenvalue weighted by Crippen LogP contribution is -2.57. The van der Waals surface area contributed by atoms with E-state index in [1.54, 1.807) is 30.0 Å². The van der Waals surface area contributed by atoms with Gasteiger partial charge in [0.15, 0.2) is 0 Å². The average molecular weight is 530 g/mol. The van der Waals surface area contributed by atoms with Crippen molar-refractivity contribution in [2.45, 2.75) is 51.2 Å². The summed E-state index contributed by atoms with van der Waals surface area (Å²) >= 11 is 0. The summed E-state index contributed by atoms with van der Waals surface area (Å²) in [6.45, 7) is 4.13. The van der Waals surface area contributed by atoms with Gasteiger partial charge >= 0.3 is 5.97 Å². The van der Waals surface area contributed by atoms with Gasteiger partial charge in [0.1, 0.15) is 11.8 Å². The number of nitrogens with two attached hydrogens (primary N) is 1. The summed E-state index contributed by atoms with van der Waals surface area (Å²) in [7, 11) is 0. The Kier molecular flexibility index (Phi) is 8.99. The Labute approximate surface area is 228 Å². The molecule has 4 N–H and O–H groups in total. The molecule has 3 aromatic carbocycles. The summed E-state index contributed by atoms with van der Waals surface area (Å²) in [5.74, 6) is -1.62. The minimum absolute atomic E-state index is 0.0423. The molecule has 0 radical (unpaired) electrons. The molecule has 0 unspecified atom stereocenters. The van der Waals surface area contributed by atoms with E-state index < -0.39 is 24.0 Å². The Hall–Kier alpha value is -4.17. The topological polar surface area (TPSA) is 122 Å². The predicted octanol–water partition coefficient (Wildman–Crippen LogP) is 2.99. The number of amides is 2. The number of nitrogens with one attached hydrogen (secondary N) is 1. The summed E-state index contributed by atoms with van der Waals surface area (Å²) in [5, 5.41) is 12.6. The fourth-order valence-electron chi connectivity index (χ4n) is 5.02. The highest BCUT2D eigenvalue weighted by Gasteiger charge is 2.37. The predicted molar refractivity (Wildman–Crippen MR) is 148 cm³/mol. The number of phenols is 1. The van der Waals surface area contributed by atoms with Crippen molar-refractivity contribution in [1.29, 1.82) is 0 Å². The molecule has 8 nitrogen and oxygen atoms in total. The number of nitrogens with zero attached hydrogens (tertiary/aromatic N) is 1. The number of rotatable bonds is 9. The number of hydrogen-bond acceptors (Lipinski definition) is 6. The summed E-state index contributed by atoms with van der Waals surface area (Å²) < 4.78 is 5.26. The van der Waals surface area contributed by atoms with Gasteiger partial charge < -0.3 is 25.8 Å². The van der Waals surface area contributed by atoms with Crippen LogP contribution >= 0.6 is 0 Å². The molecule has 8 heteroatoms. The smallest absolute Gasteiger partial charge is 0.315 e. The number of aromatic hydroxyl groups is 1. The van der Waals surface area contributed by atoms with Gasteiger partial charge in [0, 0.05) is 19.5 Å². The maximum absolute atomic E-state index is 13.7. The number of fused-ring (bicyclic) bond motifs is 1. The summed E-state index contributed by atoms with van der Waals surface area (Å²) in [4.78, 5) is 41.5. The Bertz CT molecular complexity index is 1330. The van der Waals surface area contributed by atoms with Crippen LogP contribution in [0.15, 0.2) is 72.8 Å². The van der Waals surface area contributed by atoms with Crippen LogP contribution in [0, 0.1) is 6.92 Å². The van der Waals surface area contributed by atoms with Crippen LogP contribution in [0.3, 0.4) is 0 Å². The molecule has 0 bridgehead atoms. The zero-order valence-corrected chi connectivity index (χ0v) is 22.3. The van der Waals surface area contributed by atoms with E-state index in [4.69, 9.17) is 10.5 Å². The molecule has 1 heterocycles. The lowest BCUT2D eigenvalue weighted by molar-refractivity contribution is -0.146. The van der Waals surface area contributed by atoms with E-state index in [1.807, 2.05) is 61.5 Å². The van der Waals surface area contributed by atoms with E-state index in [0.717, 1.165) is 27.8 Å². The molecule has 3 aromatic rings. The van der Waals surface area contributed by atoms with Crippen LogP contribution in [-0.4, -0.2) is 53.0 Å². The second-order valence-electron chi connectivity index (χ2n) is 9.84. The summed E-state index contributed by atoms with van der Waals surface area (Å²) in [6.07, 6.45) is 0.616. The van der Waals surface area contributed by atoms with E-state index in [2.05, 4.69) is 5.32 Å². The third-order valence-corrected chi connectivity index (χ3v) is 7.17. The second kappa shape index (κ2) is 12.6. The number of benzene rings is 3. The maximum Gasteiger partial charge on any atom is 0.315 e. The van der Waals surface area contributed by atoms with Crippen LogP contribution < -0.4 is 11.1 Å². The van der Waals surface area contributed by atoms with Crippen LogP contribution in [0.1, 0.15) is 40.7 Å². The van der Waals surface area contributed by atoms with Gasteiger partial charge in [0.2, 0.25) is 11.8 Å². The number of phenolic OH excluding ortho intramolecular Hbond substituents is 1. The normalized spacial score (nSPS) is 16.1. The Morgan fingerprint density at radius 1 is 1.05 bits per heavy atom. The highest BCUT2D eigenvalue weighted by atomic mass is 16.5. The van der Waals surface area contributed by atoms with Crippen molar-refractivity contribution in [1.82, 2.24) is 10.2 Å². The maximum atomic E-state index is 13.7. The lowest BCUT2D eigenvalue weighted by atomic mass is 9.91. The third-order valence-electron chi connectivity index (χ3n) is 7.17. The largest absolute Gasteiger partial charge is 0.508 e. The Morgan fingerprint density at radius 3 is 2.44 bits per heavy atom. The molecule has 0 saturated carbocycles. The van der Waals surface area contributed by atoms with Crippen LogP contribution in [-0.2, 0) is 38.5 Å². The fraction of sp³-hybridized carbons (Fsp3) is 0.323. The first kappa shape index (κ1) is 27.9. The van der Waals surface area contributed by atoms with Gasteiger partial charge in [0.25, 0.3) is 0 Å². The van der Waals surface area contributed by atoms with Crippen molar-refractivity contribution in [3.8, 4) is 5.75 Å². The first-order chi connectivity index (χ1) is 18.8. The van der Waals surface area contributed by atoms with Crippen molar-refractivity contribution < 1.29 is 24.2 Å². The number of carbonyl (C=O) groups is 3. The zero-order chi connectivity index (χ0) is 27.9.